The highest BCUT2D eigenvalue weighted by Crippen LogP contribution is 2.20. The van der Waals surface area contributed by atoms with Crippen LogP contribution in [0.15, 0.2) is 35.2 Å². The molecule has 5 nitrogen and oxygen atoms in total. The van der Waals surface area contributed by atoms with Crippen LogP contribution in [-0.2, 0) is 23.1 Å². The van der Waals surface area contributed by atoms with E-state index in [9.17, 15) is 8.42 Å². The molecule has 0 N–H and O–H groups in total. The lowest BCUT2D eigenvalue weighted by Crippen LogP contribution is -2.46. The first-order chi connectivity index (χ1) is 10.5. The second kappa shape index (κ2) is 9.42. The van der Waals surface area contributed by atoms with Crippen molar-refractivity contribution in [2.45, 2.75) is 38.1 Å². The highest BCUT2D eigenvalue weighted by molar-refractivity contribution is 7.91. The molecule has 0 aromatic heterocycles. The van der Waals surface area contributed by atoms with Gasteiger partial charge in [-0.2, -0.15) is 0 Å². The first-order valence-corrected chi connectivity index (χ1v) is 11.3. The Morgan fingerprint density at radius 1 is 0.909 bits per heavy atom. The minimum Gasteiger partial charge on any atom is -0.374 e. The predicted octanol–water partition coefficient (Wildman–Crippen LogP) is 2.90. The Morgan fingerprint density at radius 2 is 1.41 bits per heavy atom. The summed E-state index contributed by atoms with van der Waals surface area (Å²) in [6.45, 7) is 7.16. The maximum Gasteiger partial charge on any atom is 0.500 e. The average molecular weight is 347 g/mol. The van der Waals surface area contributed by atoms with Gasteiger partial charge in [0, 0.05) is 25.9 Å². The summed E-state index contributed by atoms with van der Waals surface area (Å²) >= 11 is 0. The molecule has 0 bridgehead atoms. The predicted molar refractivity (Wildman–Crippen MR) is 88.6 cm³/mol. The van der Waals surface area contributed by atoms with E-state index in [1.165, 1.54) is 0 Å². The fraction of sp³-hybridized carbons (Fsp3) is 0.600. The molecule has 0 unspecified atom stereocenters. The third kappa shape index (κ3) is 5.81. The van der Waals surface area contributed by atoms with Gasteiger partial charge in [-0.05, 0) is 39.3 Å². The van der Waals surface area contributed by atoms with E-state index in [1.807, 2.05) is 20.8 Å². The van der Waals surface area contributed by atoms with Gasteiger partial charge in [0.05, 0.1) is 10.6 Å². The monoisotopic (exact) mass is 346 g/mol. The zero-order valence-corrected chi connectivity index (χ0v) is 15.4. The Morgan fingerprint density at radius 3 is 1.86 bits per heavy atom. The Labute approximate surface area is 134 Å². The van der Waals surface area contributed by atoms with Gasteiger partial charge >= 0.3 is 8.80 Å². The van der Waals surface area contributed by atoms with Crippen LogP contribution in [0.2, 0.25) is 6.04 Å². The molecule has 22 heavy (non-hydrogen) atoms. The van der Waals surface area contributed by atoms with Crippen molar-refractivity contribution in [3.05, 3.63) is 30.3 Å². The van der Waals surface area contributed by atoms with Gasteiger partial charge in [-0.15, -0.1) is 0 Å². The van der Waals surface area contributed by atoms with Gasteiger partial charge in [0.1, 0.15) is 0 Å². The fourth-order valence-corrected chi connectivity index (χ4v) is 6.43. The quantitative estimate of drug-likeness (QED) is 0.577. The van der Waals surface area contributed by atoms with Crippen molar-refractivity contribution in [3.63, 3.8) is 0 Å². The van der Waals surface area contributed by atoms with Crippen LogP contribution in [0.4, 0.5) is 0 Å². The average Bonchev–Trinajstić information content (AvgIpc) is 2.49. The normalized spacial score (nSPS) is 12.5. The Bertz CT molecular complexity index is 501. The topological polar surface area (TPSA) is 61.8 Å². The van der Waals surface area contributed by atoms with Gasteiger partial charge < -0.3 is 13.3 Å². The Kier molecular flexibility index (Phi) is 8.27. The zero-order valence-electron chi connectivity index (χ0n) is 13.6. The van der Waals surface area contributed by atoms with Crippen molar-refractivity contribution < 1.29 is 21.7 Å². The van der Waals surface area contributed by atoms with Crippen LogP contribution in [0.3, 0.4) is 0 Å². The molecule has 1 aromatic carbocycles. The van der Waals surface area contributed by atoms with Crippen LogP contribution in [0, 0.1) is 0 Å². The molecule has 0 saturated carbocycles. The summed E-state index contributed by atoms with van der Waals surface area (Å²) in [5, 5.41) is 0. The van der Waals surface area contributed by atoms with Crippen LogP contribution in [-0.4, -0.2) is 42.8 Å². The number of benzene rings is 1. The molecule has 0 aliphatic rings. The van der Waals surface area contributed by atoms with Crippen LogP contribution in [0.25, 0.3) is 0 Å². The number of rotatable bonds is 11. The second-order valence-corrected chi connectivity index (χ2v) is 9.56. The van der Waals surface area contributed by atoms with Crippen LogP contribution in [0.5, 0.6) is 0 Å². The van der Waals surface area contributed by atoms with Gasteiger partial charge in [0.2, 0.25) is 0 Å². The smallest absolute Gasteiger partial charge is 0.374 e. The van der Waals surface area contributed by atoms with Crippen molar-refractivity contribution in [1.29, 1.82) is 0 Å². The maximum atomic E-state index is 12.3. The summed E-state index contributed by atoms with van der Waals surface area (Å²) in [6, 6.07) is 9.01. The lowest BCUT2D eigenvalue weighted by Gasteiger charge is -2.28. The van der Waals surface area contributed by atoms with Gasteiger partial charge in [-0.25, -0.2) is 8.42 Å². The minimum atomic E-state index is -3.27. The van der Waals surface area contributed by atoms with Crippen LogP contribution in [0.1, 0.15) is 27.2 Å². The summed E-state index contributed by atoms with van der Waals surface area (Å²) in [7, 11) is -6.03. The molecule has 0 amide bonds. The molecule has 1 aromatic rings. The molecule has 0 spiro atoms. The lowest BCUT2D eigenvalue weighted by molar-refractivity contribution is 0.0712. The van der Waals surface area contributed by atoms with Crippen molar-refractivity contribution in [1.82, 2.24) is 0 Å². The van der Waals surface area contributed by atoms with Crippen molar-refractivity contribution >= 4 is 18.6 Å². The summed E-state index contributed by atoms with van der Waals surface area (Å²) in [4.78, 5) is 0.353. The number of sulfone groups is 1. The Hall–Kier alpha value is -0.733. The van der Waals surface area contributed by atoms with E-state index in [4.69, 9.17) is 13.3 Å². The highest BCUT2D eigenvalue weighted by atomic mass is 32.2. The zero-order chi connectivity index (χ0) is 16.5. The van der Waals surface area contributed by atoms with E-state index in [0.29, 0.717) is 37.2 Å². The highest BCUT2D eigenvalue weighted by Gasteiger charge is 2.40. The molecule has 126 valence electrons. The van der Waals surface area contributed by atoms with Crippen molar-refractivity contribution in [3.8, 4) is 0 Å². The molecular formula is C15H26O5SSi. The molecule has 0 saturated heterocycles. The van der Waals surface area contributed by atoms with Crippen LogP contribution >= 0.6 is 0 Å². The molecule has 0 radical (unpaired) electrons. The standard InChI is InChI=1S/C15H26O5SSi/c1-4-18-22(19-5-2,20-6-3)14-10-13-21(16,17)15-11-8-7-9-12-15/h7-9,11-12H,4-6,10,13-14H2,1-3H3. The lowest BCUT2D eigenvalue weighted by atomic mass is 10.4. The molecule has 7 heteroatoms. The van der Waals surface area contributed by atoms with Gasteiger partial charge in [0.15, 0.2) is 9.84 Å². The van der Waals surface area contributed by atoms with E-state index in [2.05, 4.69) is 0 Å². The van der Waals surface area contributed by atoms with Crippen molar-refractivity contribution in [2.75, 3.05) is 25.6 Å². The van der Waals surface area contributed by atoms with E-state index in [-0.39, 0.29) is 5.75 Å². The van der Waals surface area contributed by atoms with E-state index in [0.717, 1.165) is 0 Å². The first-order valence-electron chi connectivity index (χ1n) is 7.69. The maximum absolute atomic E-state index is 12.3. The molecule has 0 aliphatic carbocycles. The molecule has 0 aliphatic heterocycles. The third-order valence-electron chi connectivity index (χ3n) is 3.09. The Balaban J connectivity index is 2.69. The van der Waals surface area contributed by atoms with Crippen molar-refractivity contribution in [2.24, 2.45) is 0 Å². The fourth-order valence-electron chi connectivity index (χ4n) is 2.23. The van der Waals surface area contributed by atoms with Gasteiger partial charge in [-0.3, -0.25) is 0 Å². The van der Waals surface area contributed by atoms with E-state index < -0.39 is 18.6 Å². The van der Waals surface area contributed by atoms with E-state index in [1.54, 1.807) is 30.3 Å². The second-order valence-electron chi connectivity index (χ2n) is 4.72. The minimum absolute atomic E-state index is 0.0684. The summed E-state index contributed by atoms with van der Waals surface area (Å²) in [6.07, 6.45) is 0.462. The van der Waals surface area contributed by atoms with Gasteiger partial charge in [0.25, 0.3) is 0 Å². The SMILES string of the molecule is CCO[Si](CCCS(=O)(=O)c1ccccc1)(OCC)OCC. The summed E-state index contributed by atoms with van der Waals surface area (Å²) < 4.78 is 41.8. The molecule has 0 fully saturated rings. The number of hydrogen-bond donors (Lipinski definition) is 0. The van der Waals surface area contributed by atoms with E-state index >= 15 is 0 Å². The number of hydrogen-bond acceptors (Lipinski definition) is 5. The largest absolute Gasteiger partial charge is 0.500 e. The summed E-state index contributed by atoms with van der Waals surface area (Å²) in [5.74, 6) is 0.0684. The van der Waals surface area contributed by atoms with Crippen LogP contribution < -0.4 is 0 Å². The molecule has 0 heterocycles. The third-order valence-corrected chi connectivity index (χ3v) is 8.06. The molecule has 0 atom stereocenters. The molecule has 1 rings (SSSR count). The first kappa shape index (κ1) is 19.3. The molecular weight excluding hydrogens is 320 g/mol. The van der Waals surface area contributed by atoms with Gasteiger partial charge in [-0.1, -0.05) is 18.2 Å². The summed E-state index contributed by atoms with van der Waals surface area (Å²) in [5.41, 5.74) is 0.